The van der Waals surface area contributed by atoms with Crippen LogP contribution in [0.15, 0.2) is 29.6 Å². The van der Waals surface area contributed by atoms with Crippen LogP contribution in [0.5, 0.6) is 5.75 Å². The van der Waals surface area contributed by atoms with Gasteiger partial charge in [0.15, 0.2) is 0 Å². The summed E-state index contributed by atoms with van der Waals surface area (Å²) in [5, 5.41) is 6.13. The van der Waals surface area contributed by atoms with Crippen LogP contribution < -0.4 is 10.1 Å². The number of hydrogen-bond acceptors (Lipinski definition) is 4. The van der Waals surface area contributed by atoms with Crippen molar-refractivity contribution in [1.29, 1.82) is 0 Å². The lowest BCUT2D eigenvalue weighted by Crippen LogP contribution is -2.25. The van der Waals surface area contributed by atoms with Crippen molar-refractivity contribution in [2.24, 2.45) is 0 Å². The fourth-order valence-corrected chi connectivity index (χ4v) is 2.86. The van der Waals surface area contributed by atoms with Gasteiger partial charge in [-0.15, -0.1) is 11.3 Å². The van der Waals surface area contributed by atoms with Gasteiger partial charge in [0.1, 0.15) is 5.75 Å². The van der Waals surface area contributed by atoms with E-state index in [0.717, 1.165) is 30.0 Å². The first-order valence-electron chi connectivity index (χ1n) is 7.61. The molecule has 0 saturated carbocycles. The average Bonchev–Trinajstić information content (AvgIpc) is 2.95. The molecular weight excluding hydrogens is 296 g/mol. The Kier molecular flexibility index (Phi) is 6.40. The quantitative estimate of drug-likeness (QED) is 0.757. The number of para-hydroxylation sites is 1. The Morgan fingerprint density at radius 1 is 1.36 bits per heavy atom. The lowest BCUT2D eigenvalue weighted by atomic mass is 10.2. The van der Waals surface area contributed by atoms with Gasteiger partial charge >= 0.3 is 0 Å². The third kappa shape index (κ3) is 4.84. The molecule has 1 aromatic heterocycles. The minimum absolute atomic E-state index is 0.0815. The molecule has 118 valence electrons. The van der Waals surface area contributed by atoms with Crippen LogP contribution >= 0.6 is 11.3 Å². The van der Waals surface area contributed by atoms with E-state index in [9.17, 15) is 4.79 Å². The predicted octanol–water partition coefficient (Wildman–Crippen LogP) is 3.60. The third-order valence-corrected chi connectivity index (χ3v) is 4.14. The normalized spacial score (nSPS) is 10.5. The Labute approximate surface area is 135 Å². The number of nitrogens with zero attached hydrogens (tertiary/aromatic N) is 1. The van der Waals surface area contributed by atoms with Gasteiger partial charge in [-0.05, 0) is 31.9 Å². The minimum Gasteiger partial charge on any atom is -0.493 e. The number of aryl methyl sites for hydroxylation is 2. The predicted molar refractivity (Wildman–Crippen MR) is 89.7 cm³/mol. The molecule has 0 fully saturated rings. The number of benzene rings is 1. The van der Waals surface area contributed by atoms with E-state index >= 15 is 0 Å². The first-order chi connectivity index (χ1) is 10.7. The second-order valence-corrected chi connectivity index (χ2v) is 6.03. The maximum Gasteiger partial charge on any atom is 0.255 e. The van der Waals surface area contributed by atoms with Crippen molar-refractivity contribution in [3.05, 3.63) is 45.9 Å². The second kappa shape index (κ2) is 8.54. The van der Waals surface area contributed by atoms with E-state index in [0.29, 0.717) is 24.5 Å². The second-order valence-electron chi connectivity index (χ2n) is 5.09. The first kappa shape index (κ1) is 16.5. The molecule has 1 heterocycles. The molecular formula is C17H22N2O2S. The Morgan fingerprint density at radius 2 is 2.18 bits per heavy atom. The highest BCUT2D eigenvalue weighted by Gasteiger charge is 2.11. The van der Waals surface area contributed by atoms with E-state index in [4.69, 9.17) is 4.74 Å². The summed E-state index contributed by atoms with van der Waals surface area (Å²) in [6.45, 7) is 5.30. The Balaban J connectivity index is 1.81. The lowest BCUT2D eigenvalue weighted by Gasteiger charge is -2.10. The van der Waals surface area contributed by atoms with Crippen molar-refractivity contribution < 1.29 is 9.53 Å². The van der Waals surface area contributed by atoms with Crippen LogP contribution in [0.2, 0.25) is 0 Å². The molecule has 1 N–H and O–H groups in total. The molecule has 0 radical (unpaired) electrons. The standard InChI is InChI=1S/C17H22N2O2S/c1-3-11-21-15-8-5-4-7-14(15)17(20)18-10-6-9-16-19-13(2)12-22-16/h4-5,7-8,12H,3,6,9-11H2,1-2H3,(H,18,20). The zero-order valence-corrected chi connectivity index (χ0v) is 13.9. The van der Waals surface area contributed by atoms with E-state index < -0.39 is 0 Å². The molecule has 0 saturated heterocycles. The van der Waals surface area contributed by atoms with Crippen molar-refractivity contribution in [2.45, 2.75) is 33.1 Å². The van der Waals surface area contributed by atoms with Gasteiger partial charge in [0, 0.05) is 24.0 Å². The number of rotatable bonds is 8. The maximum atomic E-state index is 12.2. The third-order valence-electron chi connectivity index (χ3n) is 3.11. The number of nitrogens with one attached hydrogen (secondary N) is 1. The number of aromatic nitrogens is 1. The summed E-state index contributed by atoms with van der Waals surface area (Å²) in [6, 6.07) is 7.37. The van der Waals surface area contributed by atoms with E-state index in [1.807, 2.05) is 32.0 Å². The number of ether oxygens (including phenoxy) is 1. The zero-order chi connectivity index (χ0) is 15.8. The average molecular weight is 318 g/mol. The lowest BCUT2D eigenvalue weighted by molar-refractivity contribution is 0.0949. The van der Waals surface area contributed by atoms with Crippen molar-refractivity contribution >= 4 is 17.2 Å². The molecule has 0 unspecified atom stereocenters. The monoisotopic (exact) mass is 318 g/mol. The van der Waals surface area contributed by atoms with Gasteiger partial charge in [-0.25, -0.2) is 4.98 Å². The topological polar surface area (TPSA) is 51.2 Å². The van der Waals surface area contributed by atoms with Crippen molar-refractivity contribution in [2.75, 3.05) is 13.2 Å². The molecule has 0 atom stereocenters. The zero-order valence-electron chi connectivity index (χ0n) is 13.1. The van der Waals surface area contributed by atoms with Crippen LogP contribution in [-0.2, 0) is 6.42 Å². The molecule has 2 aromatic rings. The summed E-state index contributed by atoms with van der Waals surface area (Å²) in [5.41, 5.74) is 1.66. The highest BCUT2D eigenvalue weighted by Crippen LogP contribution is 2.18. The largest absolute Gasteiger partial charge is 0.493 e. The SMILES string of the molecule is CCCOc1ccccc1C(=O)NCCCc1nc(C)cs1. The van der Waals surface area contributed by atoms with Crippen LogP contribution in [0.1, 0.15) is 40.8 Å². The van der Waals surface area contributed by atoms with Gasteiger partial charge in [-0.1, -0.05) is 19.1 Å². The van der Waals surface area contributed by atoms with Gasteiger partial charge in [0.2, 0.25) is 0 Å². The smallest absolute Gasteiger partial charge is 0.255 e. The Hall–Kier alpha value is -1.88. The number of hydrogen-bond donors (Lipinski definition) is 1. The summed E-state index contributed by atoms with van der Waals surface area (Å²) < 4.78 is 5.62. The Bertz CT molecular complexity index is 610. The van der Waals surface area contributed by atoms with Crippen LogP contribution in [0.4, 0.5) is 0 Å². The molecule has 0 aliphatic rings. The van der Waals surface area contributed by atoms with Crippen LogP contribution in [0.25, 0.3) is 0 Å². The molecule has 1 aromatic carbocycles. The van der Waals surface area contributed by atoms with Crippen molar-refractivity contribution in [3.63, 3.8) is 0 Å². The number of carbonyl (C=O) groups excluding carboxylic acids is 1. The van der Waals surface area contributed by atoms with Gasteiger partial charge in [-0.3, -0.25) is 4.79 Å². The highest BCUT2D eigenvalue weighted by molar-refractivity contribution is 7.09. The van der Waals surface area contributed by atoms with Gasteiger partial charge < -0.3 is 10.1 Å². The summed E-state index contributed by atoms with van der Waals surface area (Å²) in [5.74, 6) is 0.569. The van der Waals surface area contributed by atoms with Gasteiger partial charge in [-0.2, -0.15) is 0 Å². The fourth-order valence-electron chi connectivity index (χ4n) is 2.05. The highest BCUT2D eigenvalue weighted by atomic mass is 32.1. The molecule has 1 amide bonds. The molecule has 4 nitrogen and oxygen atoms in total. The summed E-state index contributed by atoms with van der Waals surface area (Å²) in [7, 11) is 0. The van der Waals surface area contributed by atoms with E-state index in [1.165, 1.54) is 0 Å². The first-order valence-corrected chi connectivity index (χ1v) is 8.49. The molecule has 2 rings (SSSR count). The van der Waals surface area contributed by atoms with Gasteiger partial charge in [0.05, 0.1) is 17.2 Å². The summed E-state index contributed by atoms with van der Waals surface area (Å²) in [6.07, 6.45) is 2.70. The molecule has 0 bridgehead atoms. The van der Waals surface area contributed by atoms with E-state index in [-0.39, 0.29) is 5.91 Å². The Morgan fingerprint density at radius 3 is 2.91 bits per heavy atom. The van der Waals surface area contributed by atoms with E-state index in [1.54, 1.807) is 17.4 Å². The summed E-state index contributed by atoms with van der Waals surface area (Å²) in [4.78, 5) is 16.7. The van der Waals surface area contributed by atoms with E-state index in [2.05, 4.69) is 15.7 Å². The maximum absolute atomic E-state index is 12.2. The van der Waals surface area contributed by atoms with Gasteiger partial charge in [0.25, 0.3) is 5.91 Å². The number of amides is 1. The number of carbonyl (C=O) groups is 1. The van der Waals surface area contributed by atoms with Crippen LogP contribution in [0, 0.1) is 6.92 Å². The molecule has 0 aliphatic heterocycles. The van der Waals surface area contributed by atoms with Crippen LogP contribution in [-0.4, -0.2) is 24.0 Å². The van der Waals surface area contributed by atoms with Crippen molar-refractivity contribution in [3.8, 4) is 5.75 Å². The molecule has 5 heteroatoms. The summed E-state index contributed by atoms with van der Waals surface area (Å²) >= 11 is 1.67. The van der Waals surface area contributed by atoms with Crippen molar-refractivity contribution in [1.82, 2.24) is 10.3 Å². The fraction of sp³-hybridized carbons (Fsp3) is 0.412. The van der Waals surface area contributed by atoms with Crippen LogP contribution in [0.3, 0.4) is 0 Å². The molecule has 22 heavy (non-hydrogen) atoms. The number of thiazole rings is 1. The molecule has 0 aliphatic carbocycles. The molecule has 0 spiro atoms. The minimum atomic E-state index is -0.0815.